The molecular weight excluding hydrogens is 432 g/mol. The number of carbonyl (C=O) groups is 1. The van der Waals surface area contributed by atoms with Crippen molar-refractivity contribution in [2.45, 2.75) is 37.3 Å². The van der Waals surface area contributed by atoms with Gasteiger partial charge in [0, 0.05) is 36.2 Å². The number of aromatic nitrogens is 2. The second-order valence-corrected chi connectivity index (χ2v) is 9.84. The van der Waals surface area contributed by atoms with E-state index in [1.807, 2.05) is 41.3 Å². The van der Waals surface area contributed by atoms with Crippen LogP contribution in [0.25, 0.3) is 5.69 Å². The molecule has 164 valence electrons. The molecule has 0 fully saturated rings. The third kappa shape index (κ3) is 6.19. The molecule has 0 atom stereocenters. The maximum Gasteiger partial charge on any atom is 0.251 e. The predicted molar refractivity (Wildman–Crippen MR) is 124 cm³/mol. The number of nitrogens with one attached hydrogen (secondary N) is 2. The SMILES string of the molecule is CSc1nccn1-c1cccc(C(=O)NCc2ccccc2CS(=O)(=O)NC(C)C)c1. The van der Waals surface area contributed by atoms with Crippen molar-refractivity contribution in [3.05, 3.63) is 77.6 Å². The summed E-state index contributed by atoms with van der Waals surface area (Å²) in [4.78, 5) is 17.1. The molecule has 1 aromatic heterocycles. The molecule has 9 heteroatoms. The van der Waals surface area contributed by atoms with Gasteiger partial charge in [0.25, 0.3) is 5.91 Å². The molecule has 0 saturated carbocycles. The highest BCUT2D eigenvalue weighted by atomic mass is 32.2. The standard InChI is InChI=1S/C22H26N4O3S2/c1-16(2)25-31(28,29)15-19-8-5-4-7-18(19)14-24-21(27)17-9-6-10-20(13-17)26-12-11-23-22(26)30-3/h4-13,16,25H,14-15H2,1-3H3,(H,24,27). The number of sulfonamides is 1. The molecule has 0 unspecified atom stereocenters. The van der Waals surface area contributed by atoms with Crippen LogP contribution in [-0.4, -0.2) is 36.2 Å². The maximum absolute atomic E-state index is 12.8. The van der Waals surface area contributed by atoms with Crippen LogP contribution in [0.15, 0.2) is 66.1 Å². The van der Waals surface area contributed by atoms with Gasteiger partial charge in [0.1, 0.15) is 0 Å². The largest absolute Gasteiger partial charge is 0.348 e. The Kier molecular flexibility index (Phi) is 7.53. The van der Waals surface area contributed by atoms with Crippen LogP contribution in [0, 0.1) is 0 Å². The Morgan fingerprint density at radius 1 is 1.13 bits per heavy atom. The van der Waals surface area contributed by atoms with Crippen molar-refractivity contribution >= 4 is 27.7 Å². The van der Waals surface area contributed by atoms with Crippen LogP contribution in [0.4, 0.5) is 0 Å². The molecule has 0 saturated heterocycles. The van der Waals surface area contributed by atoms with Crippen molar-refractivity contribution in [3.63, 3.8) is 0 Å². The average molecular weight is 459 g/mol. The summed E-state index contributed by atoms with van der Waals surface area (Å²) < 4.78 is 29.1. The van der Waals surface area contributed by atoms with Gasteiger partial charge < -0.3 is 5.32 Å². The number of amides is 1. The highest BCUT2D eigenvalue weighted by Crippen LogP contribution is 2.19. The molecular formula is C22H26N4O3S2. The third-order valence-corrected chi connectivity index (χ3v) is 6.68. The van der Waals surface area contributed by atoms with Gasteiger partial charge in [-0.05, 0) is 49.4 Å². The van der Waals surface area contributed by atoms with Gasteiger partial charge in [-0.15, -0.1) is 0 Å². The molecule has 7 nitrogen and oxygen atoms in total. The molecule has 0 bridgehead atoms. The Hall–Kier alpha value is -2.62. The number of rotatable bonds is 9. The first kappa shape index (κ1) is 23.1. The second-order valence-electron chi connectivity index (χ2n) is 7.32. The number of thioether (sulfide) groups is 1. The predicted octanol–water partition coefficient (Wildman–Crippen LogP) is 3.35. The van der Waals surface area contributed by atoms with Crippen molar-refractivity contribution in [2.24, 2.45) is 0 Å². The lowest BCUT2D eigenvalue weighted by atomic mass is 10.1. The van der Waals surface area contributed by atoms with E-state index in [0.29, 0.717) is 11.1 Å². The number of benzene rings is 2. The average Bonchev–Trinajstić information content (AvgIpc) is 3.20. The lowest BCUT2D eigenvalue weighted by Gasteiger charge is -2.14. The van der Waals surface area contributed by atoms with Crippen LogP contribution >= 0.6 is 11.8 Å². The quantitative estimate of drug-likeness (QED) is 0.480. The summed E-state index contributed by atoms with van der Waals surface area (Å²) in [7, 11) is -3.46. The Labute approximate surface area is 187 Å². The van der Waals surface area contributed by atoms with Crippen LogP contribution in [0.5, 0.6) is 0 Å². The Morgan fingerprint density at radius 2 is 1.87 bits per heavy atom. The normalized spacial score (nSPS) is 11.6. The van der Waals surface area contributed by atoms with Crippen LogP contribution in [0.2, 0.25) is 0 Å². The minimum Gasteiger partial charge on any atom is -0.348 e. The lowest BCUT2D eigenvalue weighted by molar-refractivity contribution is 0.0951. The number of imidazole rings is 1. The minimum absolute atomic E-state index is 0.134. The molecule has 1 amide bonds. The maximum atomic E-state index is 12.8. The molecule has 0 aliphatic carbocycles. The molecule has 31 heavy (non-hydrogen) atoms. The first-order chi connectivity index (χ1) is 14.8. The number of hydrogen-bond donors (Lipinski definition) is 2. The van der Waals surface area contributed by atoms with Gasteiger partial charge in [0.15, 0.2) is 5.16 Å². The van der Waals surface area contributed by atoms with Gasteiger partial charge in [-0.25, -0.2) is 18.1 Å². The summed E-state index contributed by atoms with van der Waals surface area (Å²) in [6, 6.07) is 14.3. The molecule has 2 N–H and O–H groups in total. The smallest absolute Gasteiger partial charge is 0.251 e. The van der Waals surface area contributed by atoms with Crippen molar-refractivity contribution in [1.29, 1.82) is 0 Å². The van der Waals surface area contributed by atoms with Gasteiger partial charge in [-0.1, -0.05) is 42.1 Å². The second kappa shape index (κ2) is 10.1. The summed E-state index contributed by atoms with van der Waals surface area (Å²) in [5.41, 5.74) is 2.79. The third-order valence-electron chi connectivity index (χ3n) is 4.49. The summed E-state index contributed by atoms with van der Waals surface area (Å²) in [5.74, 6) is -0.365. The van der Waals surface area contributed by atoms with Gasteiger partial charge in [-0.2, -0.15) is 0 Å². The van der Waals surface area contributed by atoms with E-state index in [1.165, 1.54) is 11.8 Å². The van der Waals surface area contributed by atoms with E-state index in [4.69, 9.17) is 0 Å². The Balaban J connectivity index is 1.73. The molecule has 0 aliphatic rings. The Bertz CT molecular complexity index is 1160. The van der Waals surface area contributed by atoms with E-state index < -0.39 is 10.0 Å². The summed E-state index contributed by atoms with van der Waals surface area (Å²) in [5, 5.41) is 3.73. The lowest BCUT2D eigenvalue weighted by Crippen LogP contribution is -2.32. The van der Waals surface area contributed by atoms with Crippen LogP contribution < -0.4 is 10.0 Å². The minimum atomic E-state index is -3.46. The van der Waals surface area contributed by atoms with Crippen LogP contribution in [0.3, 0.4) is 0 Å². The first-order valence-electron chi connectivity index (χ1n) is 9.82. The number of nitrogens with zero attached hydrogens (tertiary/aromatic N) is 2. The zero-order valence-corrected chi connectivity index (χ0v) is 19.3. The van der Waals surface area contributed by atoms with Gasteiger partial charge in [0.05, 0.1) is 5.75 Å². The first-order valence-corrected chi connectivity index (χ1v) is 12.7. The number of hydrogen-bond acceptors (Lipinski definition) is 5. The topological polar surface area (TPSA) is 93.1 Å². The van der Waals surface area contributed by atoms with E-state index in [0.717, 1.165) is 16.4 Å². The fourth-order valence-electron chi connectivity index (χ4n) is 3.19. The molecule has 0 radical (unpaired) electrons. The van der Waals surface area contributed by atoms with Crippen molar-refractivity contribution < 1.29 is 13.2 Å². The van der Waals surface area contributed by atoms with E-state index >= 15 is 0 Å². The van der Waals surface area contributed by atoms with Crippen molar-refractivity contribution in [2.75, 3.05) is 6.26 Å². The molecule has 2 aromatic carbocycles. The zero-order chi connectivity index (χ0) is 22.4. The van der Waals surface area contributed by atoms with Crippen molar-refractivity contribution in [1.82, 2.24) is 19.6 Å². The fourth-order valence-corrected chi connectivity index (χ4v) is 5.21. The summed E-state index contributed by atoms with van der Waals surface area (Å²) >= 11 is 1.53. The summed E-state index contributed by atoms with van der Waals surface area (Å²) in [6.45, 7) is 3.80. The monoisotopic (exact) mass is 458 g/mol. The molecule has 0 aliphatic heterocycles. The fraction of sp³-hybridized carbons (Fsp3) is 0.273. The van der Waals surface area contributed by atoms with E-state index in [2.05, 4.69) is 15.0 Å². The molecule has 1 heterocycles. The van der Waals surface area contributed by atoms with Gasteiger partial charge >= 0.3 is 0 Å². The highest BCUT2D eigenvalue weighted by molar-refractivity contribution is 7.98. The van der Waals surface area contributed by atoms with Crippen LogP contribution in [-0.2, 0) is 22.3 Å². The Morgan fingerprint density at radius 3 is 2.58 bits per heavy atom. The highest BCUT2D eigenvalue weighted by Gasteiger charge is 2.16. The number of carbonyl (C=O) groups excluding carboxylic acids is 1. The van der Waals surface area contributed by atoms with Crippen LogP contribution in [0.1, 0.15) is 35.3 Å². The van der Waals surface area contributed by atoms with Gasteiger partial charge in [0.2, 0.25) is 10.0 Å². The van der Waals surface area contributed by atoms with E-state index in [9.17, 15) is 13.2 Å². The summed E-state index contributed by atoms with van der Waals surface area (Å²) in [6.07, 6.45) is 5.52. The van der Waals surface area contributed by atoms with Crippen molar-refractivity contribution in [3.8, 4) is 5.69 Å². The molecule has 0 spiro atoms. The van der Waals surface area contributed by atoms with E-state index in [1.54, 1.807) is 44.3 Å². The molecule has 3 aromatic rings. The molecule has 3 rings (SSSR count). The van der Waals surface area contributed by atoms with E-state index in [-0.39, 0.29) is 24.2 Å². The zero-order valence-electron chi connectivity index (χ0n) is 17.7. The van der Waals surface area contributed by atoms with Gasteiger partial charge in [-0.3, -0.25) is 9.36 Å².